The Bertz CT molecular complexity index is 656. The van der Waals surface area contributed by atoms with Gasteiger partial charge in [0.2, 0.25) is 0 Å². The molecule has 0 spiro atoms. The van der Waals surface area contributed by atoms with Crippen LogP contribution in [0.1, 0.15) is 27.7 Å². The summed E-state index contributed by atoms with van der Waals surface area (Å²) in [7, 11) is -3.51. The molecule has 22 heavy (non-hydrogen) atoms. The molecule has 0 bridgehead atoms. The van der Waals surface area contributed by atoms with Crippen LogP contribution in [0.5, 0.6) is 0 Å². The van der Waals surface area contributed by atoms with Crippen molar-refractivity contribution in [2.24, 2.45) is 0 Å². The molecule has 6 heteroatoms. The van der Waals surface area contributed by atoms with Crippen molar-refractivity contribution < 1.29 is 8.42 Å². The van der Waals surface area contributed by atoms with E-state index < -0.39 is 10.0 Å². The molecule has 2 aromatic carbocycles. The van der Waals surface area contributed by atoms with E-state index in [1.54, 1.807) is 36.4 Å². The van der Waals surface area contributed by atoms with Crippen molar-refractivity contribution in [3.63, 3.8) is 0 Å². The maximum absolute atomic E-state index is 12.1. The third kappa shape index (κ3) is 6.82. The van der Waals surface area contributed by atoms with Gasteiger partial charge in [0.1, 0.15) is 0 Å². The minimum Gasteiger partial charge on any atom is -0.279 e. The Morgan fingerprint density at radius 3 is 1.82 bits per heavy atom. The first-order valence-electron chi connectivity index (χ1n) is 7.02. The van der Waals surface area contributed by atoms with E-state index in [2.05, 4.69) is 49.9 Å². The molecule has 0 fully saturated rings. The number of para-hydroxylation sites is 1. The van der Waals surface area contributed by atoms with Crippen molar-refractivity contribution in [2.45, 2.75) is 32.6 Å². The molecule has 0 aromatic heterocycles. The Labute approximate surface area is 161 Å². The number of hydrogen-bond acceptors (Lipinski definition) is 2. The topological polar surface area (TPSA) is 46.2 Å². The number of halogens is 2. The normalized spacial score (nSPS) is 9.73. The van der Waals surface area contributed by atoms with Gasteiger partial charge >= 0.3 is 0 Å². The molecule has 2 aromatic rings. The Balaban J connectivity index is 0.00000102. The third-order valence-corrected chi connectivity index (χ3v) is 5.28. The monoisotopic (exact) mass is 545 g/mol. The van der Waals surface area contributed by atoms with Gasteiger partial charge in [0.15, 0.2) is 0 Å². The molecule has 0 unspecified atom stereocenters. The lowest BCUT2D eigenvalue weighted by atomic mass is 10.3. The summed E-state index contributed by atoms with van der Waals surface area (Å²) in [6.07, 6.45) is 0. The van der Waals surface area contributed by atoms with Gasteiger partial charge in [0.05, 0.1) is 10.6 Å². The fourth-order valence-corrected chi connectivity index (χ4v) is 3.51. The highest BCUT2D eigenvalue weighted by Gasteiger charge is 2.14. The van der Waals surface area contributed by atoms with Crippen molar-refractivity contribution in [3.05, 3.63) is 55.7 Å². The highest BCUT2D eigenvalue weighted by molar-refractivity contribution is 14.1. The largest absolute Gasteiger partial charge is 0.279 e. The average Bonchev–Trinajstić information content (AvgIpc) is 2.54. The predicted molar refractivity (Wildman–Crippen MR) is 112 cm³/mol. The first kappa shape index (κ1) is 21.6. The van der Waals surface area contributed by atoms with Gasteiger partial charge in [-0.05, 0) is 81.6 Å². The molecule has 0 aliphatic rings. The van der Waals surface area contributed by atoms with Crippen LogP contribution in [0.3, 0.4) is 0 Å². The molecule has 0 radical (unpaired) electrons. The lowest BCUT2D eigenvalue weighted by molar-refractivity contribution is 0.601. The van der Waals surface area contributed by atoms with E-state index in [9.17, 15) is 8.42 Å². The number of benzene rings is 2. The van der Waals surface area contributed by atoms with Gasteiger partial charge in [-0.25, -0.2) is 8.42 Å². The summed E-state index contributed by atoms with van der Waals surface area (Å²) < 4.78 is 28.7. The van der Waals surface area contributed by atoms with Crippen LogP contribution in [0.4, 0.5) is 5.69 Å². The predicted octanol–water partition coefficient (Wildman–Crippen LogP) is 5.75. The molecule has 0 aliphatic carbocycles. The fraction of sp³-hybridized carbons (Fsp3) is 0.250. The summed E-state index contributed by atoms with van der Waals surface area (Å²) in [5.41, 5.74) is 0.594. The third-order valence-electron chi connectivity index (χ3n) is 2.24. The highest BCUT2D eigenvalue weighted by atomic mass is 127. The summed E-state index contributed by atoms with van der Waals surface area (Å²) in [4.78, 5) is 0.266. The molecule has 0 saturated carbocycles. The van der Waals surface area contributed by atoms with Gasteiger partial charge in [-0.2, -0.15) is 0 Å². The summed E-state index contributed by atoms with van der Waals surface area (Å²) in [6, 6.07) is 14.0. The van der Waals surface area contributed by atoms with E-state index in [1.165, 1.54) is 0 Å². The lowest BCUT2D eigenvalue weighted by Gasteiger charge is -2.09. The van der Waals surface area contributed by atoms with Crippen LogP contribution in [0.15, 0.2) is 53.4 Å². The number of sulfonamides is 1. The number of hydrogen-bond donors (Lipinski definition) is 1. The highest BCUT2D eigenvalue weighted by Crippen LogP contribution is 2.21. The first-order chi connectivity index (χ1) is 10.5. The van der Waals surface area contributed by atoms with Crippen LogP contribution in [0, 0.1) is 7.14 Å². The van der Waals surface area contributed by atoms with E-state index >= 15 is 0 Å². The van der Waals surface area contributed by atoms with Gasteiger partial charge in [-0.1, -0.05) is 39.8 Å². The van der Waals surface area contributed by atoms with Crippen LogP contribution >= 0.6 is 45.2 Å². The molecule has 0 atom stereocenters. The summed E-state index contributed by atoms with van der Waals surface area (Å²) >= 11 is 4.23. The van der Waals surface area contributed by atoms with E-state index in [0.29, 0.717) is 5.69 Å². The van der Waals surface area contributed by atoms with E-state index in [1.807, 2.05) is 39.8 Å². The zero-order valence-corrected chi connectivity index (χ0v) is 18.2. The second kappa shape index (κ2) is 11.2. The maximum Gasteiger partial charge on any atom is 0.261 e. The van der Waals surface area contributed by atoms with Crippen molar-refractivity contribution in [3.8, 4) is 0 Å². The quantitative estimate of drug-likeness (QED) is 0.500. The van der Waals surface area contributed by atoms with Gasteiger partial charge < -0.3 is 0 Å². The average molecular weight is 545 g/mol. The standard InChI is InChI=1S/C12H9I2NO2S.2C2H6/c13-9-5-7-10(8-6-9)18(16,17)15-12-4-2-1-3-11(12)14;2*1-2/h1-8,15H;2*1-2H3. The van der Waals surface area contributed by atoms with E-state index in [-0.39, 0.29) is 4.90 Å². The van der Waals surface area contributed by atoms with Crippen LogP contribution in [-0.2, 0) is 10.0 Å². The summed E-state index contributed by atoms with van der Waals surface area (Å²) in [6.45, 7) is 8.00. The first-order valence-corrected chi connectivity index (χ1v) is 10.7. The lowest BCUT2D eigenvalue weighted by Crippen LogP contribution is -2.13. The molecule has 0 heterocycles. The molecule has 0 saturated heterocycles. The smallest absolute Gasteiger partial charge is 0.261 e. The molecule has 0 aliphatic heterocycles. The minimum absolute atomic E-state index is 0.266. The van der Waals surface area contributed by atoms with Crippen LogP contribution in [0.25, 0.3) is 0 Å². The molecular weight excluding hydrogens is 524 g/mol. The zero-order valence-electron chi connectivity index (χ0n) is 13.1. The van der Waals surface area contributed by atoms with Crippen molar-refractivity contribution >= 4 is 60.9 Å². The Hall–Kier alpha value is -0.350. The Morgan fingerprint density at radius 1 is 0.818 bits per heavy atom. The molecule has 122 valence electrons. The van der Waals surface area contributed by atoms with Crippen molar-refractivity contribution in [1.82, 2.24) is 0 Å². The SMILES string of the molecule is CC.CC.O=S(=O)(Nc1ccccc1I)c1ccc(I)cc1. The molecule has 0 amide bonds. The second-order valence-electron chi connectivity index (χ2n) is 3.54. The maximum atomic E-state index is 12.1. The summed E-state index contributed by atoms with van der Waals surface area (Å²) in [5, 5.41) is 0. The van der Waals surface area contributed by atoms with E-state index in [0.717, 1.165) is 7.14 Å². The van der Waals surface area contributed by atoms with Crippen LogP contribution in [-0.4, -0.2) is 8.42 Å². The van der Waals surface area contributed by atoms with E-state index in [4.69, 9.17) is 0 Å². The summed E-state index contributed by atoms with van der Waals surface area (Å²) in [5.74, 6) is 0. The molecular formula is C16H21I2NO2S. The van der Waals surface area contributed by atoms with Crippen molar-refractivity contribution in [1.29, 1.82) is 0 Å². The van der Waals surface area contributed by atoms with Crippen LogP contribution in [0.2, 0.25) is 0 Å². The van der Waals surface area contributed by atoms with Gasteiger partial charge in [0.25, 0.3) is 10.0 Å². The number of nitrogens with one attached hydrogen (secondary N) is 1. The minimum atomic E-state index is -3.51. The van der Waals surface area contributed by atoms with Crippen molar-refractivity contribution in [2.75, 3.05) is 4.72 Å². The van der Waals surface area contributed by atoms with Crippen LogP contribution < -0.4 is 4.72 Å². The van der Waals surface area contributed by atoms with Gasteiger partial charge in [-0.3, -0.25) is 4.72 Å². The zero-order chi connectivity index (χ0) is 17.2. The Kier molecular flexibility index (Phi) is 11.0. The molecule has 2 rings (SSSR count). The van der Waals surface area contributed by atoms with Gasteiger partial charge in [-0.15, -0.1) is 0 Å². The molecule has 1 N–H and O–H groups in total. The van der Waals surface area contributed by atoms with Gasteiger partial charge in [0, 0.05) is 7.14 Å². The number of rotatable bonds is 3. The molecule has 3 nitrogen and oxygen atoms in total. The Morgan fingerprint density at radius 2 is 1.32 bits per heavy atom. The fourth-order valence-electron chi connectivity index (χ4n) is 1.36. The second-order valence-corrected chi connectivity index (χ2v) is 7.63. The number of anilines is 1.